The van der Waals surface area contributed by atoms with Gasteiger partial charge in [0.15, 0.2) is 0 Å². The second kappa shape index (κ2) is 8.55. The average molecular weight is 396 g/mol. The summed E-state index contributed by atoms with van der Waals surface area (Å²) in [6.45, 7) is 0.446. The number of amides is 3. The van der Waals surface area contributed by atoms with Crippen molar-refractivity contribution in [3.63, 3.8) is 0 Å². The first-order valence-electron chi connectivity index (χ1n) is 10.1. The highest BCUT2D eigenvalue weighted by Gasteiger charge is 2.47. The molecule has 2 aliphatic rings. The molecule has 0 radical (unpaired) electrons. The molecule has 1 aromatic heterocycles. The van der Waals surface area contributed by atoms with Gasteiger partial charge < -0.3 is 9.84 Å². The number of nitrogens with one attached hydrogen (secondary N) is 1. The highest BCUT2D eigenvalue weighted by Crippen LogP contribution is 2.38. The van der Waals surface area contributed by atoms with Gasteiger partial charge in [0.25, 0.3) is 0 Å². The first-order valence-corrected chi connectivity index (χ1v) is 10.1. The molecule has 2 fully saturated rings. The van der Waals surface area contributed by atoms with Crippen molar-refractivity contribution in [3.8, 4) is 11.4 Å². The lowest BCUT2D eigenvalue weighted by molar-refractivity contribution is -0.140. The Morgan fingerprint density at radius 2 is 1.79 bits per heavy atom. The van der Waals surface area contributed by atoms with Crippen molar-refractivity contribution in [2.24, 2.45) is 11.8 Å². The van der Waals surface area contributed by atoms with E-state index < -0.39 is 0 Å². The number of likely N-dealkylation sites (tertiary alicyclic amines) is 1. The fourth-order valence-electron chi connectivity index (χ4n) is 4.14. The van der Waals surface area contributed by atoms with E-state index in [4.69, 9.17) is 4.52 Å². The van der Waals surface area contributed by atoms with Gasteiger partial charge in [-0.1, -0.05) is 48.3 Å². The predicted octanol–water partition coefficient (Wildman–Crippen LogP) is 2.31. The van der Waals surface area contributed by atoms with Gasteiger partial charge in [0.05, 0.1) is 18.4 Å². The zero-order valence-corrected chi connectivity index (χ0v) is 16.2. The molecule has 1 saturated heterocycles. The molecule has 8 heteroatoms. The number of imide groups is 1. The molecule has 2 heterocycles. The molecule has 0 bridgehead atoms. The van der Waals surface area contributed by atoms with Crippen LogP contribution in [0.4, 0.5) is 0 Å². The molecule has 8 nitrogen and oxygen atoms in total. The number of fused-ring (bicyclic) bond motifs is 1. The van der Waals surface area contributed by atoms with E-state index >= 15 is 0 Å². The molecule has 152 valence electrons. The highest BCUT2D eigenvalue weighted by atomic mass is 16.5. The number of hydrogen-bond acceptors (Lipinski definition) is 6. The third kappa shape index (κ3) is 4.21. The molecular weight excluding hydrogens is 372 g/mol. The lowest BCUT2D eigenvalue weighted by Gasteiger charge is -2.19. The third-order valence-corrected chi connectivity index (χ3v) is 5.65. The van der Waals surface area contributed by atoms with Gasteiger partial charge in [-0.15, -0.1) is 0 Å². The van der Waals surface area contributed by atoms with Gasteiger partial charge in [0.2, 0.25) is 29.4 Å². The van der Waals surface area contributed by atoms with Crippen LogP contribution in [-0.4, -0.2) is 39.3 Å². The summed E-state index contributed by atoms with van der Waals surface area (Å²) >= 11 is 0. The molecule has 1 aliphatic heterocycles. The van der Waals surface area contributed by atoms with Crippen molar-refractivity contribution in [3.05, 3.63) is 36.2 Å². The third-order valence-electron chi connectivity index (χ3n) is 5.65. The van der Waals surface area contributed by atoms with Crippen molar-refractivity contribution in [1.82, 2.24) is 20.4 Å². The SMILES string of the molecule is O=C(CCCN1C(=O)[C@H]2CCCC[C@H]2C1=O)NCc1nc(-c2ccccc2)no1. The van der Waals surface area contributed by atoms with Crippen LogP contribution in [0.2, 0.25) is 0 Å². The lowest BCUT2D eigenvalue weighted by atomic mass is 9.81. The molecule has 1 aromatic carbocycles. The van der Waals surface area contributed by atoms with Gasteiger partial charge >= 0.3 is 0 Å². The summed E-state index contributed by atoms with van der Waals surface area (Å²) in [4.78, 5) is 42.6. The molecule has 29 heavy (non-hydrogen) atoms. The van der Waals surface area contributed by atoms with Crippen LogP contribution in [0.1, 0.15) is 44.4 Å². The molecule has 4 rings (SSSR count). The average Bonchev–Trinajstić information content (AvgIpc) is 3.32. The van der Waals surface area contributed by atoms with E-state index in [0.29, 0.717) is 24.7 Å². The standard InChI is InChI=1S/C21H24N4O4/c26-17(22-13-18-23-19(24-29-18)14-7-2-1-3-8-14)11-6-12-25-20(27)15-9-4-5-10-16(15)21(25)28/h1-3,7-8,15-16H,4-6,9-13H2,(H,22,26)/t15-,16+. The minimum Gasteiger partial charge on any atom is -0.347 e. The summed E-state index contributed by atoms with van der Waals surface area (Å²) < 4.78 is 5.16. The molecule has 0 unspecified atom stereocenters. The summed E-state index contributed by atoms with van der Waals surface area (Å²) in [6, 6.07) is 9.44. The second-order valence-electron chi connectivity index (χ2n) is 7.58. The number of carbonyl (C=O) groups is 3. The van der Waals surface area contributed by atoms with Crippen molar-refractivity contribution in [2.75, 3.05) is 6.54 Å². The number of hydrogen-bond donors (Lipinski definition) is 1. The molecule has 1 N–H and O–H groups in total. The van der Waals surface area contributed by atoms with Gasteiger partial charge in [0, 0.05) is 18.5 Å². The molecule has 2 aromatic rings. The number of carbonyl (C=O) groups excluding carboxylic acids is 3. The Hall–Kier alpha value is -3.03. The molecular formula is C21H24N4O4. The van der Waals surface area contributed by atoms with Crippen molar-refractivity contribution in [1.29, 1.82) is 0 Å². The number of aromatic nitrogens is 2. The lowest BCUT2D eigenvalue weighted by Crippen LogP contribution is -2.33. The van der Waals surface area contributed by atoms with E-state index in [2.05, 4.69) is 15.5 Å². The van der Waals surface area contributed by atoms with Gasteiger partial charge in [0.1, 0.15) is 0 Å². The maximum atomic E-state index is 12.4. The van der Waals surface area contributed by atoms with Crippen molar-refractivity contribution < 1.29 is 18.9 Å². The summed E-state index contributed by atoms with van der Waals surface area (Å²) in [5.41, 5.74) is 0.842. The second-order valence-corrected chi connectivity index (χ2v) is 7.58. The Balaban J connectivity index is 1.21. The Bertz CT molecular complexity index is 871. The van der Waals surface area contributed by atoms with Crippen LogP contribution in [0.15, 0.2) is 34.9 Å². The molecule has 0 spiro atoms. The monoisotopic (exact) mass is 396 g/mol. The van der Waals surface area contributed by atoms with E-state index in [0.717, 1.165) is 31.2 Å². The van der Waals surface area contributed by atoms with Gasteiger partial charge in [-0.05, 0) is 19.3 Å². The van der Waals surface area contributed by atoms with Gasteiger partial charge in [-0.2, -0.15) is 4.98 Å². The summed E-state index contributed by atoms with van der Waals surface area (Å²) in [5, 5.41) is 6.65. The normalized spacial score (nSPS) is 21.3. The number of rotatable bonds is 7. The zero-order valence-electron chi connectivity index (χ0n) is 16.2. The molecule has 1 saturated carbocycles. The smallest absolute Gasteiger partial charge is 0.246 e. The van der Waals surface area contributed by atoms with Gasteiger partial charge in [-0.25, -0.2) is 0 Å². The van der Waals surface area contributed by atoms with Crippen LogP contribution in [0, 0.1) is 11.8 Å². The van der Waals surface area contributed by atoms with Crippen LogP contribution >= 0.6 is 0 Å². The number of nitrogens with zero attached hydrogens (tertiary/aromatic N) is 3. The molecule has 1 aliphatic carbocycles. The Morgan fingerprint density at radius 3 is 2.48 bits per heavy atom. The first kappa shape index (κ1) is 19.3. The van der Waals surface area contributed by atoms with Crippen LogP contribution in [0.5, 0.6) is 0 Å². The molecule has 2 atom stereocenters. The zero-order chi connectivity index (χ0) is 20.2. The van der Waals surface area contributed by atoms with E-state index in [9.17, 15) is 14.4 Å². The largest absolute Gasteiger partial charge is 0.347 e. The van der Waals surface area contributed by atoms with Gasteiger partial charge in [-0.3, -0.25) is 19.3 Å². The van der Waals surface area contributed by atoms with Crippen LogP contribution in [0.3, 0.4) is 0 Å². The summed E-state index contributed by atoms with van der Waals surface area (Å²) in [7, 11) is 0. The topological polar surface area (TPSA) is 105 Å². The fourth-order valence-corrected chi connectivity index (χ4v) is 4.14. The fraction of sp³-hybridized carbons (Fsp3) is 0.476. The minimum atomic E-state index is -0.180. The Kier molecular flexibility index (Phi) is 5.69. The van der Waals surface area contributed by atoms with Crippen molar-refractivity contribution >= 4 is 17.7 Å². The molecule has 3 amide bonds. The minimum absolute atomic E-state index is 0.0561. The van der Waals surface area contributed by atoms with Crippen molar-refractivity contribution in [2.45, 2.75) is 45.1 Å². The highest BCUT2D eigenvalue weighted by molar-refractivity contribution is 6.05. The Labute approximate surface area is 168 Å². The summed E-state index contributed by atoms with van der Waals surface area (Å²) in [5.74, 6) is 0.233. The first-order chi connectivity index (χ1) is 14.1. The predicted molar refractivity (Wildman–Crippen MR) is 103 cm³/mol. The van der Waals surface area contributed by atoms with Crippen LogP contribution < -0.4 is 5.32 Å². The number of benzene rings is 1. The Morgan fingerprint density at radius 1 is 1.10 bits per heavy atom. The van der Waals surface area contributed by atoms with E-state index in [-0.39, 0.29) is 42.5 Å². The van der Waals surface area contributed by atoms with Crippen LogP contribution in [-0.2, 0) is 20.9 Å². The van der Waals surface area contributed by atoms with E-state index in [1.54, 1.807) is 0 Å². The van der Waals surface area contributed by atoms with Crippen LogP contribution in [0.25, 0.3) is 11.4 Å². The maximum Gasteiger partial charge on any atom is 0.246 e. The maximum absolute atomic E-state index is 12.4. The van der Waals surface area contributed by atoms with E-state index in [1.807, 2.05) is 30.3 Å². The quantitative estimate of drug-likeness (QED) is 0.720. The summed E-state index contributed by atoms with van der Waals surface area (Å²) in [6.07, 6.45) is 4.31. The van der Waals surface area contributed by atoms with E-state index in [1.165, 1.54) is 4.90 Å².